The van der Waals surface area contributed by atoms with Gasteiger partial charge >= 0.3 is 0 Å². The molecular weight excluding hydrogens is 281 g/mol. The Bertz CT molecular complexity index is 316. The van der Waals surface area contributed by atoms with Crippen molar-refractivity contribution in [1.82, 2.24) is 0 Å². The third-order valence-corrected chi connectivity index (χ3v) is 5.04. The zero-order valence-corrected chi connectivity index (χ0v) is 12.9. The van der Waals surface area contributed by atoms with Crippen LogP contribution in [-0.2, 0) is 9.47 Å². The molecule has 0 radical (unpaired) electrons. The number of alkyl halides is 3. The second-order valence-electron chi connectivity index (χ2n) is 6.39. The van der Waals surface area contributed by atoms with Crippen LogP contribution in [0.2, 0.25) is 0 Å². The minimum absolute atomic E-state index is 0.0641. The van der Waals surface area contributed by atoms with Crippen LogP contribution in [0, 0.1) is 11.8 Å². The third kappa shape index (κ3) is 3.92. The van der Waals surface area contributed by atoms with Crippen molar-refractivity contribution in [2.45, 2.75) is 76.2 Å². The van der Waals surface area contributed by atoms with Crippen molar-refractivity contribution >= 4 is 0 Å². The SMILES string of the molecule is CCCOC1CCC(C2CCC(OC)C(F)C2F)C(F)C1. The van der Waals surface area contributed by atoms with Gasteiger partial charge in [-0.1, -0.05) is 6.92 Å². The van der Waals surface area contributed by atoms with Crippen molar-refractivity contribution in [3.8, 4) is 0 Å². The summed E-state index contributed by atoms with van der Waals surface area (Å²) in [5.74, 6) is -0.897. The first kappa shape index (κ1) is 17.1. The lowest BCUT2D eigenvalue weighted by Gasteiger charge is -2.42. The Hall–Kier alpha value is -0.290. The molecule has 0 aliphatic heterocycles. The number of halogens is 3. The summed E-state index contributed by atoms with van der Waals surface area (Å²) in [6.45, 7) is 2.65. The van der Waals surface area contributed by atoms with E-state index in [2.05, 4.69) is 0 Å². The van der Waals surface area contributed by atoms with E-state index in [1.807, 2.05) is 6.92 Å². The summed E-state index contributed by atoms with van der Waals surface area (Å²) in [6, 6.07) is 0. The Labute approximate surface area is 125 Å². The molecule has 0 aromatic heterocycles. The molecule has 0 aromatic carbocycles. The van der Waals surface area contributed by atoms with Crippen LogP contribution in [-0.4, -0.2) is 44.4 Å². The maximum atomic E-state index is 14.4. The summed E-state index contributed by atoms with van der Waals surface area (Å²) in [4.78, 5) is 0. The topological polar surface area (TPSA) is 18.5 Å². The predicted octanol–water partition coefficient (Wildman–Crippen LogP) is 4.02. The van der Waals surface area contributed by atoms with E-state index in [4.69, 9.17) is 9.47 Å². The fourth-order valence-electron chi connectivity index (χ4n) is 3.84. The standard InChI is InChI=1S/C16H27F3O2/c1-3-8-21-10-4-5-11(13(17)9-10)12-6-7-14(20-2)16(19)15(12)18/h10-16H,3-9H2,1-2H3. The Kier molecular flexibility index (Phi) is 6.35. The van der Waals surface area contributed by atoms with E-state index in [-0.39, 0.29) is 12.0 Å². The molecule has 2 aliphatic rings. The minimum Gasteiger partial charge on any atom is -0.378 e. The van der Waals surface area contributed by atoms with Gasteiger partial charge in [0, 0.05) is 20.1 Å². The van der Waals surface area contributed by atoms with Crippen molar-refractivity contribution in [1.29, 1.82) is 0 Å². The predicted molar refractivity (Wildman–Crippen MR) is 75.6 cm³/mol. The highest BCUT2D eigenvalue weighted by molar-refractivity contribution is 4.95. The molecule has 0 spiro atoms. The molecule has 0 N–H and O–H groups in total. The molecule has 2 nitrogen and oxygen atoms in total. The zero-order chi connectivity index (χ0) is 15.4. The van der Waals surface area contributed by atoms with E-state index in [0.717, 1.165) is 12.8 Å². The van der Waals surface area contributed by atoms with E-state index in [1.54, 1.807) is 0 Å². The number of methoxy groups -OCH3 is 1. The normalized spacial score (nSPS) is 44.7. The minimum atomic E-state index is -1.63. The molecule has 0 saturated heterocycles. The fourth-order valence-corrected chi connectivity index (χ4v) is 3.84. The number of hydrogen-bond acceptors (Lipinski definition) is 2. The second-order valence-corrected chi connectivity index (χ2v) is 6.39. The lowest BCUT2D eigenvalue weighted by Crippen LogP contribution is -2.48. The molecule has 21 heavy (non-hydrogen) atoms. The number of rotatable bonds is 5. The van der Waals surface area contributed by atoms with Crippen LogP contribution >= 0.6 is 0 Å². The largest absolute Gasteiger partial charge is 0.378 e. The molecule has 7 atom stereocenters. The third-order valence-electron chi connectivity index (χ3n) is 5.04. The molecule has 2 saturated carbocycles. The monoisotopic (exact) mass is 308 g/mol. The second kappa shape index (κ2) is 7.82. The van der Waals surface area contributed by atoms with Crippen LogP contribution in [0.4, 0.5) is 13.2 Å². The summed E-state index contributed by atoms with van der Waals surface area (Å²) in [7, 11) is 1.40. The van der Waals surface area contributed by atoms with E-state index >= 15 is 0 Å². The van der Waals surface area contributed by atoms with E-state index < -0.39 is 30.5 Å². The molecule has 0 bridgehead atoms. The van der Waals surface area contributed by atoms with Crippen molar-refractivity contribution in [3.63, 3.8) is 0 Å². The van der Waals surface area contributed by atoms with Crippen LogP contribution < -0.4 is 0 Å². The number of ether oxygens (including phenoxy) is 2. The van der Waals surface area contributed by atoms with Crippen LogP contribution in [0.3, 0.4) is 0 Å². The summed E-state index contributed by atoms with van der Waals surface area (Å²) in [5.41, 5.74) is 0. The van der Waals surface area contributed by atoms with Crippen LogP contribution in [0.25, 0.3) is 0 Å². The van der Waals surface area contributed by atoms with Gasteiger partial charge in [-0.2, -0.15) is 0 Å². The van der Waals surface area contributed by atoms with Crippen molar-refractivity contribution < 1.29 is 22.6 Å². The van der Waals surface area contributed by atoms with Gasteiger partial charge in [0.2, 0.25) is 0 Å². The molecule has 2 aliphatic carbocycles. The van der Waals surface area contributed by atoms with Gasteiger partial charge in [0.15, 0.2) is 6.17 Å². The molecule has 2 rings (SSSR count). The lowest BCUT2D eigenvalue weighted by molar-refractivity contribution is -0.0916. The van der Waals surface area contributed by atoms with Gasteiger partial charge in [0.1, 0.15) is 12.3 Å². The molecule has 0 amide bonds. The Morgan fingerprint density at radius 2 is 1.67 bits per heavy atom. The highest BCUT2D eigenvalue weighted by atomic mass is 19.2. The Morgan fingerprint density at radius 3 is 2.29 bits per heavy atom. The van der Waals surface area contributed by atoms with E-state index in [0.29, 0.717) is 32.3 Å². The summed E-state index contributed by atoms with van der Waals surface area (Å²) in [5, 5.41) is 0. The highest BCUT2D eigenvalue weighted by Crippen LogP contribution is 2.43. The van der Waals surface area contributed by atoms with Crippen LogP contribution in [0.5, 0.6) is 0 Å². The molecule has 5 heteroatoms. The molecular formula is C16H27F3O2. The molecule has 0 aromatic rings. The summed E-state index contributed by atoms with van der Waals surface area (Å²) >= 11 is 0. The average molecular weight is 308 g/mol. The summed E-state index contributed by atoms with van der Waals surface area (Å²) in [6.07, 6.45) is -1.53. The van der Waals surface area contributed by atoms with Gasteiger partial charge in [0.05, 0.1) is 12.2 Å². The van der Waals surface area contributed by atoms with E-state index in [9.17, 15) is 13.2 Å². The average Bonchev–Trinajstić information content (AvgIpc) is 2.48. The van der Waals surface area contributed by atoms with Crippen molar-refractivity contribution in [2.75, 3.05) is 13.7 Å². The van der Waals surface area contributed by atoms with Crippen LogP contribution in [0.1, 0.15) is 45.4 Å². The maximum Gasteiger partial charge on any atom is 0.157 e. The Balaban J connectivity index is 1.90. The van der Waals surface area contributed by atoms with Gasteiger partial charge in [-0.05, 0) is 43.9 Å². The highest BCUT2D eigenvalue weighted by Gasteiger charge is 2.47. The first-order chi connectivity index (χ1) is 10.1. The molecule has 2 fully saturated rings. The lowest BCUT2D eigenvalue weighted by atomic mass is 9.70. The first-order valence-electron chi connectivity index (χ1n) is 8.15. The fraction of sp³-hybridized carbons (Fsp3) is 1.00. The molecule has 124 valence electrons. The first-order valence-corrected chi connectivity index (χ1v) is 8.15. The van der Waals surface area contributed by atoms with Crippen molar-refractivity contribution in [3.05, 3.63) is 0 Å². The van der Waals surface area contributed by atoms with Crippen molar-refractivity contribution in [2.24, 2.45) is 11.8 Å². The number of hydrogen-bond donors (Lipinski definition) is 0. The molecule has 7 unspecified atom stereocenters. The van der Waals surface area contributed by atoms with E-state index in [1.165, 1.54) is 7.11 Å². The smallest absolute Gasteiger partial charge is 0.157 e. The van der Waals surface area contributed by atoms with Gasteiger partial charge in [-0.15, -0.1) is 0 Å². The van der Waals surface area contributed by atoms with Gasteiger partial charge in [-0.25, -0.2) is 13.2 Å². The Morgan fingerprint density at radius 1 is 0.952 bits per heavy atom. The van der Waals surface area contributed by atoms with Gasteiger partial charge in [-0.3, -0.25) is 0 Å². The quantitative estimate of drug-likeness (QED) is 0.763. The summed E-state index contributed by atoms with van der Waals surface area (Å²) < 4.78 is 53.2. The maximum absolute atomic E-state index is 14.4. The van der Waals surface area contributed by atoms with Gasteiger partial charge < -0.3 is 9.47 Å². The molecule has 0 heterocycles. The van der Waals surface area contributed by atoms with Gasteiger partial charge in [0.25, 0.3) is 0 Å². The van der Waals surface area contributed by atoms with Crippen LogP contribution in [0.15, 0.2) is 0 Å². The zero-order valence-electron chi connectivity index (χ0n) is 12.9.